The van der Waals surface area contributed by atoms with Crippen LogP contribution in [0.25, 0.3) is 10.2 Å². The molecule has 1 fully saturated rings. The lowest BCUT2D eigenvalue weighted by Crippen LogP contribution is -2.29. The Bertz CT molecular complexity index is 1070. The molecule has 0 spiro atoms. The number of ether oxygens (including phenoxy) is 1. The number of hydrogen-bond donors (Lipinski definition) is 1. The van der Waals surface area contributed by atoms with Crippen molar-refractivity contribution in [2.45, 2.75) is 44.0 Å². The summed E-state index contributed by atoms with van der Waals surface area (Å²) in [5, 5.41) is 13.1. The molecule has 0 bridgehead atoms. The van der Waals surface area contributed by atoms with Gasteiger partial charge in [0.15, 0.2) is 5.16 Å². The van der Waals surface area contributed by atoms with E-state index in [1.54, 1.807) is 0 Å². The van der Waals surface area contributed by atoms with Crippen LogP contribution in [0.2, 0.25) is 0 Å². The van der Waals surface area contributed by atoms with Crippen LogP contribution in [0.4, 0.5) is 5.13 Å². The van der Waals surface area contributed by atoms with Gasteiger partial charge in [-0.2, -0.15) is 0 Å². The highest BCUT2D eigenvalue weighted by molar-refractivity contribution is 7.98. The van der Waals surface area contributed by atoms with Crippen LogP contribution < -0.4 is 10.9 Å². The number of hydrogen-bond acceptors (Lipinski definition) is 9. The maximum Gasteiger partial charge on any atom is 0.263 e. The maximum absolute atomic E-state index is 12.9. The van der Waals surface area contributed by atoms with E-state index in [9.17, 15) is 9.59 Å². The van der Waals surface area contributed by atoms with Gasteiger partial charge in [0, 0.05) is 11.5 Å². The first-order valence-corrected chi connectivity index (χ1v) is 11.8. The normalized spacial score (nSPS) is 16.7. The minimum Gasteiger partial charge on any atom is -0.371 e. The number of nitrogens with one attached hydrogen (secondary N) is 1. The third kappa shape index (κ3) is 3.84. The van der Waals surface area contributed by atoms with E-state index in [1.807, 2.05) is 19.2 Å². The highest BCUT2D eigenvalue weighted by atomic mass is 32.2. The van der Waals surface area contributed by atoms with E-state index >= 15 is 0 Å². The van der Waals surface area contributed by atoms with E-state index in [2.05, 4.69) is 20.5 Å². The Hall–Kier alpha value is -1.82. The van der Waals surface area contributed by atoms with Crippen LogP contribution >= 0.6 is 34.4 Å². The summed E-state index contributed by atoms with van der Waals surface area (Å²) < 4.78 is 7.00. The molecule has 11 heteroatoms. The van der Waals surface area contributed by atoms with Crippen molar-refractivity contribution in [3.05, 3.63) is 26.3 Å². The lowest BCUT2D eigenvalue weighted by atomic mass is 10.2. The summed E-state index contributed by atoms with van der Waals surface area (Å²) in [4.78, 5) is 31.8. The van der Waals surface area contributed by atoms with Gasteiger partial charge in [0.2, 0.25) is 11.0 Å². The average molecular weight is 438 g/mol. The van der Waals surface area contributed by atoms with Gasteiger partial charge in [0.1, 0.15) is 22.5 Å². The molecule has 4 heterocycles. The van der Waals surface area contributed by atoms with E-state index in [0.29, 0.717) is 20.5 Å². The average Bonchev–Trinajstić information content (AvgIpc) is 3.43. The van der Waals surface area contributed by atoms with Crippen molar-refractivity contribution in [1.29, 1.82) is 0 Å². The highest BCUT2D eigenvalue weighted by Gasteiger charge is 2.23. The topological polar surface area (TPSA) is 99.0 Å². The van der Waals surface area contributed by atoms with Crippen molar-refractivity contribution in [3.8, 4) is 0 Å². The van der Waals surface area contributed by atoms with E-state index in [1.165, 1.54) is 39.0 Å². The van der Waals surface area contributed by atoms with Gasteiger partial charge in [-0.05, 0) is 31.6 Å². The molecular formula is C17H19N5O3S3. The first-order chi connectivity index (χ1) is 13.6. The Morgan fingerprint density at radius 3 is 3.00 bits per heavy atom. The zero-order valence-electron chi connectivity index (χ0n) is 15.4. The fraction of sp³-hybridized carbons (Fsp3) is 0.471. The number of amides is 1. The smallest absolute Gasteiger partial charge is 0.263 e. The molecule has 4 rings (SSSR count). The maximum atomic E-state index is 12.9. The summed E-state index contributed by atoms with van der Waals surface area (Å²) in [6.07, 6.45) is 4.58. The van der Waals surface area contributed by atoms with Gasteiger partial charge in [0.25, 0.3) is 5.56 Å². The largest absolute Gasteiger partial charge is 0.371 e. The van der Waals surface area contributed by atoms with Crippen LogP contribution in [-0.4, -0.2) is 38.5 Å². The molecule has 0 saturated carbocycles. The summed E-state index contributed by atoms with van der Waals surface area (Å²) in [5.41, 5.74) is -0.197. The van der Waals surface area contributed by atoms with Crippen molar-refractivity contribution in [2.75, 3.05) is 18.2 Å². The van der Waals surface area contributed by atoms with Crippen LogP contribution in [0.3, 0.4) is 0 Å². The van der Waals surface area contributed by atoms with Crippen LogP contribution in [0.15, 0.2) is 16.0 Å². The van der Waals surface area contributed by atoms with E-state index < -0.39 is 0 Å². The number of thiophene rings is 1. The van der Waals surface area contributed by atoms with Gasteiger partial charge >= 0.3 is 0 Å². The first kappa shape index (κ1) is 19.5. The quantitative estimate of drug-likeness (QED) is 0.467. The van der Waals surface area contributed by atoms with Crippen molar-refractivity contribution in [2.24, 2.45) is 0 Å². The molecule has 148 valence electrons. The predicted octanol–water partition coefficient (Wildman–Crippen LogP) is 3.08. The van der Waals surface area contributed by atoms with Crippen LogP contribution in [0.1, 0.15) is 35.8 Å². The summed E-state index contributed by atoms with van der Waals surface area (Å²) in [6.45, 7) is 2.65. The van der Waals surface area contributed by atoms with E-state index in [-0.39, 0.29) is 24.1 Å². The van der Waals surface area contributed by atoms with Crippen molar-refractivity contribution in [3.63, 3.8) is 0 Å². The molecule has 3 aromatic heterocycles. The fourth-order valence-electron chi connectivity index (χ4n) is 3.01. The Kier molecular flexibility index (Phi) is 5.76. The number of rotatable bonds is 6. The first-order valence-electron chi connectivity index (χ1n) is 8.91. The van der Waals surface area contributed by atoms with Crippen LogP contribution in [0, 0.1) is 0 Å². The van der Waals surface area contributed by atoms with Crippen LogP contribution in [-0.2, 0) is 22.5 Å². The van der Waals surface area contributed by atoms with Crippen molar-refractivity contribution >= 4 is 55.7 Å². The van der Waals surface area contributed by atoms with Gasteiger partial charge in [0.05, 0.1) is 5.39 Å². The number of aromatic nitrogens is 4. The summed E-state index contributed by atoms with van der Waals surface area (Å²) in [7, 11) is 0. The van der Waals surface area contributed by atoms with Crippen LogP contribution in [0.5, 0.6) is 0 Å². The van der Waals surface area contributed by atoms with Gasteiger partial charge in [-0.3, -0.25) is 19.5 Å². The lowest BCUT2D eigenvalue weighted by Gasteiger charge is -2.09. The molecule has 8 nitrogen and oxygen atoms in total. The summed E-state index contributed by atoms with van der Waals surface area (Å²) in [5.74, 6) is -0.334. The minimum atomic E-state index is -0.334. The third-order valence-electron chi connectivity index (χ3n) is 4.39. The second-order valence-corrected chi connectivity index (χ2v) is 9.17. The lowest BCUT2D eigenvalue weighted by molar-refractivity contribution is -0.116. The van der Waals surface area contributed by atoms with Gasteiger partial charge in [-0.15, -0.1) is 21.5 Å². The number of aryl methyl sites for hydroxylation is 1. The van der Waals surface area contributed by atoms with Crippen molar-refractivity contribution in [1.82, 2.24) is 19.7 Å². The molecule has 1 atom stereocenters. The number of anilines is 1. The zero-order valence-corrected chi connectivity index (χ0v) is 17.9. The minimum absolute atomic E-state index is 0.0353. The molecule has 1 aliphatic rings. The summed E-state index contributed by atoms with van der Waals surface area (Å²) >= 11 is 4.17. The second-order valence-electron chi connectivity index (χ2n) is 6.27. The van der Waals surface area contributed by atoms with Crippen molar-refractivity contribution < 1.29 is 9.53 Å². The molecule has 28 heavy (non-hydrogen) atoms. The molecule has 1 aliphatic heterocycles. The van der Waals surface area contributed by atoms with E-state index in [4.69, 9.17) is 4.74 Å². The number of carbonyl (C=O) groups is 1. The molecular weight excluding hydrogens is 418 g/mol. The Morgan fingerprint density at radius 2 is 2.29 bits per heavy atom. The Morgan fingerprint density at radius 1 is 1.43 bits per heavy atom. The van der Waals surface area contributed by atoms with Gasteiger partial charge in [-0.25, -0.2) is 4.98 Å². The Balaban J connectivity index is 1.54. The monoisotopic (exact) mass is 437 g/mol. The van der Waals surface area contributed by atoms with Gasteiger partial charge < -0.3 is 4.74 Å². The molecule has 0 radical (unpaired) electrons. The fourth-order valence-corrected chi connectivity index (χ4v) is 5.42. The standard InChI is InChI=1S/C17H19N5O3S3/c1-3-9-7-10-13(27-9)19-17(26-2)22(15(10)24)8-12(23)18-16-21-20-14(28-16)11-5-4-6-25-11/h7,11H,3-6,8H2,1-2H3,(H,18,21,23). The molecule has 1 unspecified atom stereocenters. The molecule has 1 saturated heterocycles. The predicted molar refractivity (Wildman–Crippen MR) is 112 cm³/mol. The number of carbonyl (C=O) groups excluding carboxylic acids is 1. The zero-order chi connectivity index (χ0) is 19.7. The third-order valence-corrected chi connectivity index (χ3v) is 7.17. The van der Waals surface area contributed by atoms with E-state index in [0.717, 1.165) is 35.8 Å². The molecule has 0 aliphatic carbocycles. The molecule has 3 aromatic rings. The molecule has 0 aromatic carbocycles. The van der Waals surface area contributed by atoms with Gasteiger partial charge in [-0.1, -0.05) is 30.0 Å². The molecule has 1 N–H and O–H groups in total. The SMILES string of the molecule is CCc1cc2c(=O)n(CC(=O)Nc3nnc(C4CCCO4)s3)c(SC)nc2s1. The number of thioether (sulfide) groups is 1. The highest BCUT2D eigenvalue weighted by Crippen LogP contribution is 2.32. The second kappa shape index (κ2) is 8.27. The number of fused-ring (bicyclic) bond motifs is 1. The Labute approximate surface area is 173 Å². The number of nitrogens with zero attached hydrogens (tertiary/aromatic N) is 4. The molecule has 1 amide bonds. The summed E-state index contributed by atoms with van der Waals surface area (Å²) in [6, 6.07) is 1.87.